The standard InChI is InChI=1S/C21H16N2O2/c1-3-9-16(10-4-1)15-24-19-14-8-7-13-18(19)21-23-22-20(25-21)17-11-5-2-6-12-17/h1-14H,15H2. The molecule has 4 heteroatoms. The summed E-state index contributed by atoms with van der Waals surface area (Å²) < 4.78 is 11.8. The first-order valence-corrected chi connectivity index (χ1v) is 8.05. The van der Waals surface area contributed by atoms with Gasteiger partial charge < -0.3 is 9.15 Å². The first-order chi connectivity index (χ1) is 12.4. The Morgan fingerprint density at radius 3 is 2.12 bits per heavy atom. The zero-order valence-corrected chi connectivity index (χ0v) is 13.5. The molecule has 1 heterocycles. The molecule has 0 aliphatic carbocycles. The van der Waals surface area contributed by atoms with Crippen LogP contribution in [0.1, 0.15) is 5.56 Å². The summed E-state index contributed by atoms with van der Waals surface area (Å²) in [7, 11) is 0. The van der Waals surface area contributed by atoms with E-state index in [9.17, 15) is 0 Å². The molecule has 0 unspecified atom stereocenters. The normalized spacial score (nSPS) is 10.6. The third-order valence-electron chi connectivity index (χ3n) is 3.80. The van der Waals surface area contributed by atoms with Crippen molar-refractivity contribution in [2.75, 3.05) is 0 Å². The highest BCUT2D eigenvalue weighted by Crippen LogP contribution is 2.31. The van der Waals surface area contributed by atoms with E-state index in [1.807, 2.05) is 84.9 Å². The van der Waals surface area contributed by atoms with Crippen molar-refractivity contribution in [2.24, 2.45) is 0 Å². The van der Waals surface area contributed by atoms with Gasteiger partial charge in [-0.05, 0) is 29.8 Å². The molecule has 1 aromatic heterocycles. The van der Waals surface area contributed by atoms with Crippen molar-refractivity contribution >= 4 is 0 Å². The fourth-order valence-electron chi connectivity index (χ4n) is 2.53. The number of rotatable bonds is 5. The van der Waals surface area contributed by atoms with E-state index < -0.39 is 0 Å². The molecular weight excluding hydrogens is 312 g/mol. The molecule has 0 saturated carbocycles. The van der Waals surface area contributed by atoms with E-state index in [0.717, 1.165) is 22.4 Å². The Morgan fingerprint density at radius 1 is 0.680 bits per heavy atom. The van der Waals surface area contributed by atoms with E-state index >= 15 is 0 Å². The highest BCUT2D eigenvalue weighted by Gasteiger charge is 2.14. The van der Waals surface area contributed by atoms with E-state index in [0.29, 0.717) is 18.4 Å². The minimum atomic E-state index is 0.447. The summed E-state index contributed by atoms with van der Waals surface area (Å²) in [5, 5.41) is 8.33. The van der Waals surface area contributed by atoms with Crippen molar-refractivity contribution in [3.05, 3.63) is 90.5 Å². The fourth-order valence-corrected chi connectivity index (χ4v) is 2.53. The predicted molar refractivity (Wildman–Crippen MR) is 95.9 cm³/mol. The minimum Gasteiger partial charge on any atom is -0.488 e. The van der Waals surface area contributed by atoms with Crippen molar-refractivity contribution in [1.29, 1.82) is 0 Å². The molecule has 0 N–H and O–H groups in total. The molecule has 0 saturated heterocycles. The number of nitrogens with zero attached hydrogens (tertiary/aromatic N) is 2. The van der Waals surface area contributed by atoms with E-state index in [4.69, 9.17) is 9.15 Å². The zero-order valence-electron chi connectivity index (χ0n) is 13.5. The molecule has 0 aliphatic heterocycles. The Balaban J connectivity index is 1.60. The summed E-state index contributed by atoms with van der Waals surface area (Å²) in [5.41, 5.74) is 2.78. The van der Waals surface area contributed by atoms with Gasteiger partial charge in [0, 0.05) is 5.56 Å². The maximum absolute atomic E-state index is 5.96. The second-order valence-corrected chi connectivity index (χ2v) is 5.55. The smallest absolute Gasteiger partial charge is 0.251 e. The number of para-hydroxylation sites is 1. The van der Waals surface area contributed by atoms with Crippen LogP contribution < -0.4 is 4.74 Å². The molecule has 0 radical (unpaired) electrons. The van der Waals surface area contributed by atoms with Crippen LogP contribution in [0.2, 0.25) is 0 Å². The van der Waals surface area contributed by atoms with Crippen LogP contribution in [0.5, 0.6) is 5.75 Å². The molecule has 122 valence electrons. The minimum absolute atomic E-state index is 0.447. The molecule has 0 fully saturated rings. The molecule has 0 aliphatic rings. The number of hydrogen-bond acceptors (Lipinski definition) is 4. The van der Waals surface area contributed by atoms with Crippen LogP contribution in [0.15, 0.2) is 89.3 Å². The van der Waals surface area contributed by atoms with Crippen molar-refractivity contribution in [3.63, 3.8) is 0 Å². The Labute approximate surface area is 145 Å². The van der Waals surface area contributed by atoms with Crippen molar-refractivity contribution in [1.82, 2.24) is 10.2 Å². The number of hydrogen-bond donors (Lipinski definition) is 0. The van der Waals surface area contributed by atoms with Gasteiger partial charge in [-0.3, -0.25) is 0 Å². The first kappa shape index (κ1) is 15.1. The van der Waals surface area contributed by atoms with Crippen molar-refractivity contribution in [3.8, 4) is 28.7 Å². The monoisotopic (exact) mass is 328 g/mol. The quantitative estimate of drug-likeness (QED) is 0.518. The van der Waals surface area contributed by atoms with Gasteiger partial charge in [0.2, 0.25) is 5.89 Å². The average Bonchev–Trinajstić information content (AvgIpc) is 3.18. The molecule has 0 amide bonds. The molecule has 0 spiro atoms. The Hall–Kier alpha value is -3.40. The number of aromatic nitrogens is 2. The van der Waals surface area contributed by atoms with E-state index in [1.54, 1.807) is 0 Å². The van der Waals surface area contributed by atoms with Gasteiger partial charge >= 0.3 is 0 Å². The van der Waals surface area contributed by atoms with Gasteiger partial charge in [0.15, 0.2) is 0 Å². The van der Waals surface area contributed by atoms with Gasteiger partial charge in [-0.15, -0.1) is 10.2 Å². The Morgan fingerprint density at radius 2 is 1.32 bits per heavy atom. The molecule has 25 heavy (non-hydrogen) atoms. The molecule has 0 atom stereocenters. The summed E-state index contributed by atoms with van der Waals surface area (Å²) in [6.07, 6.45) is 0. The second kappa shape index (κ2) is 7.01. The van der Waals surface area contributed by atoms with Gasteiger partial charge in [-0.1, -0.05) is 60.7 Å². The van der Waals surface area contributed by atoms with Crippen LogP contribution in [-0.4, -0.2) is 10.2 Å². The summed E-state index contributed by atoms with van der Waals surface area (Å²) in [4.78, 5) is 0. The van der Waals surface area contributed by atoms with Crippen LogP contribution in [0.4, 0.5) is 0 Å². The first-order valence-electron chi connectivity index (χ1n) is 8.05. The van der Waals surface area contributed by atoms with Gasteiger partial charge in [0.05, 0.1) is 5.56 Å². The molecule has 0 bridgehead atoms. The number of ether oxygens (including phenoxy) is 1. The van der Waals surface area contributed by atoms with E-state index in [-0.39, 0.29) is 0 Å². The topological polar surface area (TPSA) is 48.2 Å². The SMILES string of the molecule is c1ccc(COc2ccccc2-c2nnc(-c3ccccc3)o2)cc1. The molecule has 4 rings (SSSR count). The predicted octanol–water partition coefficient (Wildman–Crippen LogP) is 4.98. The second-order valence-electron chi connectivity index (χ2n) is 5.55. The van der Waals surface area contributed by atoms with Crippen LogP contribution in [0, 0.1) is 0 Å². The van der Waals surface area contributed by atoms with Gasteiger partial charge in [-0.2, -0.15) is 0 Å². The summed E-state index contributed by atoms with van der Waals surface area (Å²) in [6.45, 7) is 0.484. The molecule has 4 aromatic rings. The third kappa shape index (κ3) is 3.43. The van der Waals surface area contributed by atoms with Gasteiger partial charge in [-0.25, -0.2) is 0 Å². The Kier molecular flexibility index (Phi) is 4.25. The molecular formula is C21H16N2O2. The lowest BCUT2D eigenvalue weighted by Gasteiger charge is -2.09. The highest BCUT2D eigenvalue weighted by molar-refractivity contribution is 5.64. The lowest BCUT2D eigenvalue weighted by Crippen LogP contribution is -1.96. The lowest BCUT2D eigenvalue weighted by atomic mass is 10.2. The van der Waals surface area contributed by atoms with Crippen LogP contribution in [0.25, 0.3) is 22.9 Å². The third-order valence-corrected chi connectivity index (χ3v) is 3.80. The van der Waals surface area contributed by atoms with E-state index in [2.05, 4.69) is 10.2 Å². The molecule has 3 aromatic carbocycles. The van der Waals surface area contributed by atoms with Gasteiger partial charge in [0.1, 0.15) is 12.4 Å². The number of benzene rings is 3. The van der Waals surface area contributed by atoms with Crippen LogP contribution >= 0.6 is 0 Å². The maximum Gasteiger partial charge on any atom is 0.251 e. The summed E-state index contributed by atoms with van der Waals surface area (Å²) >= 11 is 0. The highest BCUT2D eigenvalue weighted by atomic mass is 16.5. The summed E-state index contributed by atoms with van der Waals surface area (Å²) in [6, 6.07) is 27.4. The van der Waals surface area contributed by atoms with Crippen LogP contribution in [-0.2, 0) is 6.61 Å². The molecule has 4 nitrogen and oxygen atoms in total. The van der Waals surface area contributed by atoms with E-state index in [1.165, 1.54) is 0 Å². The van der Waals surface area contributed by atoms with Crippen LogP contribution in [0.3, 0.4) is 0 Å². The maximum atomic E-state index is 5.96. The van der Waals surface area contributed by atoms with Crippen molar-refractivity contribution < 1.29 is 9.15 Å². The summed E-state index contributed by atoms with van der Waals surface area (Å²) in [5.74, 6) is 1.66. The largest absolute Gasteiger partial charge is 0.488 e. The lowest BCUT2D eigenvalue weighted by molar-refractivity contribution is 0.306. The van der Waals surface area contributed by atoms with Gasteiger partial charge in [0.25, 0.3) is 5.89 Å². The van der Waals surface area contributed by atoms with Crippen molar-refractivity contribution in [2.45, 2.75) is 6.61 Å². The Bertz CT molecular complexity index is 950. The average molecular weight is 328 g/mol. The fraction of sp³-hybridized carbons (Fsp3) is 0.0476. The zero-order chi connectivity index (χ0) is 16.9.